The summed E-state index contributed by atoms with van der Waals surface area (Å²) in [4.78, 5) is 30.1. The number of hydrogen-bond donors (Lipinski definition) is 0. The normalized spacial score (nSPS) is 19.2. The van der Waals surface area contributed by atoms with Crippen molar-refractivity contribution in [1.82, 2.24) is 4.90 Å². The molecule has 9 heteroatoms. The van der Waals surface area contributed by atoms with Gasteiger partial charge in [0, 0.05) is 38.3 Å². The van der Waals surface area contributed by atoms with Crippen LogP contribution in [0.3, 0.4) is 0 Å². The molecule has 2 aliphatic heterocycles. The highest BCUT2D eigenvalue weighted by atomic mass is 16.6. The average molecular weight is 603 g/mol. The molecule has 0 bridgehead atoms. The molecule has 234 valence electrons. The molecule has 2 unspecified atom stereocenters. The van der Waals surface area contributed by atoms with Crippen LogP contribution in [0.25, 0.3) is 0 Å². The first-order valence-corrected chi connectivity index (χ1v) is 15.1. The lowest BCUT2D eigenvalue weighted by Gasteiger charge is -2.41. The fourth-order valence-corrected chi connectivity index (χ4v) is 5.89. The summed E-state index contributed by atoms with van der Waals surface area (Å²) < 4.78 is 29.1. The zero-order valence-corrected chi connectivity index (χ0v) is 26.0. The predicted octanol–water partition coefficient (Wildman–Crippen LogP) is 5.95. The quantitative estimate of drug-likeness (QED) is 0.251. The van der Waals surface area contributed by atoms with Gasteiger partial charge in [0.1, 0.15) is 18.1 Å². The van der Waals surface area contributed by atoms with Crippen LogP contribution in [0.1, 0.15) is 49.3 Å². The van der Waals surface area contributed by atoms with Crippen molar-refractivity contribution < 1.29 is 33.3 Å². The molecule has 1 fully saturated rings. The second kappa shape index (κ2) is 14.1. The van der Waals surface area contributed by atoms with Gasteiger partial charge >= 0.3 is 6.09 Å². The van der Waals surface area contributed by atoms with Crippen LogP contribution < -0.4 is 14.4 Å². The maximum Gasteiger partial charge on any atom is 0.410 e. The Morgan fingerprint density at radius 1 is 0.977 bits per heavy atom. The molecule has 5 rings (SSSR count). The fourth-order valence-electron chi connectivity index (χ4n) is 5.89. The largest absolute Gasteiger partial charge is 0.497 e. The van der Waals surface area contributed by atoms with Crippen LogP contribution in [-0.4, -0.2) is 69.1 Å². The van der Waals surface area contributed by atoms with E-state index in [1.54, 1.807) is 37.9 Å². The summed E-state index contributed by atoms with van der Waals surface area (Å²) in [6.45, 7) is 6.00. The molecule has 0 aliphatic carbocycles. The molecule has 2 amide bonds. The van der Waals surface area contributed by atoms with Gasteiger partial charge in [0.15, 0.2) is 5.60 Å². The van der Waals surface area contributed by atoms with E-state index < -0.39 is 5.60 Å². The van der Waals surface area contributed by atoms with E-state index in [1.165, 1.54) is 0 Å². The predicted molar refractivity (Wildman–Crippen MR) is 167 cm³/mol. The van der Waals surface area contributed by atoms with Crippen LogP contribution in [0.4, 0.5) is 10.5 Å². The molecular weight excluding hydrogens is 560 g/mol. The van der Waals surface area contributed by atoms with Crippen LogP contribution in [0.5, 0.6) is 11.5 Å². The zero-order chi connectivity index (χ0) is 31.1. The number of carbonyl (C=O) groups excluding carboxylic acids is 2. The summed E-state index contributed by atoms with van der Waals surface area (Å²) >= 11 is 0. The van der Waals surface area contributed by atoms with Crippen molar-refractivity contribution in [3.8, 4) is 11.5 Å². The lowest BCUT2D eigenvalue weighted by Crippen LogP contribution is -2.53. The van der Waals surface area contributed by atoms with Crippen molar-refractivity contribution in [2.75, 3.05) is 45.4 Å². The third kappa shape index (κ3) is 7.17. The highest BCUT2D eigenvalue weighted by Crippen LogP contribution is 2.41. The highest BCUT2D eigenvalue weighted by Gasteiger charge is 2.42. The number of rotatable bonds is 11. The molecule has 3 aromatic rings. The van der Waals surface area contributed by atoms with Gasteiger partial charge in [-0.25, -0.2) is 4.79 Å². The topological polar surface area (TPSA) is 86.8 Å². The molecule has 0 N–H and O–H groups in total. The second-order valence-corrected chi connectivity index (χ2v) is 11.7. The Morgan fingerprint density at radius 2 is 1.75 bits per heavy atom. The smallest absolute Gasteiger partial charge is 0.410 e. The number of carbonyl (C=O) groups is 2. The van der Waals surface area contributed by atoms with Crippen molar-refractivity contribution >= 4 is 17.7 Å². The van der Waals surface area contributed by atoms with Gasteiger partial charge < -0.3 is 33.5 Å². The number of benzene rings is 3. The molecule has 1 saturated heterocycles. The number of likely N-dealkylation sites (tertiary alicyclic amines) is 1. The van der Waals surface area contributed by atoms with Crippen molar-refractivity contribution in [3.63, 3.8) is 0 Å². The number of anilines is 1. The number of para-hydroxylation sites is 1. The summed E-state index contributed by atoms with van der Waals surface area (Å²) in [6.07, 6.45) is 0.729. The van der Waals surface area contributed by atoms with Crippen molar-refractivity contribution in [3.05, 3.63) is 89.5 Å². The molecule has 0 saturated carbocycles. The minimum atomic E-state index is -0.983. The first-order valence-electron chi connectivity index (χ1n) is 15.1. The Kier molecular flexibility index (Phi) is 10.1. The summed E-state index contributed by atoms with van der Waals surface area (Å²) in [5, 5.41) is 0. The SMILES string of the molecule is COCCCN1C(=O)C(C)(C)Oc2cccc(COC3CN(C(=O)OCc4ccccc4)CCC3c3ccc(OC)cc3)c21. The number of ether oxygens (including phenoxy) is 5. The molecule has 0 aromatic heterocycles. The van der Waals surface area contributed by atoms with E-state index in [0.29, 0.717) is 44.8 Å². The zero-order valence-electron chi connectivity index (χ0n) is 26.0. The van der Waals surface area contributed by atoms with Crippen molar-refractivity contribution in [2.45, 2.75) is 57.5 Å². The van der Waals surface area contributed by atoms with Crippen molar-refractivity contribution in [2.24, 2.45) is 0 Å². The number of hydrogen-bond acceptors (Lipinski definition) is 7. The molecule has 0 spiro atoms. The van der Waals surface area contributed by atoms with Gasteiger partial charge in [0.2, 0.25) is 0 Å². The van der Waals surface area contributed by atoms with Gasteiger partial charge in [-0.1, -0.05) is 54.6 Å². The maximum absolute atomic E-state index is 13.5. The number of methoxy groups -OCH3 is 2. The van der Waals surface area contributed by atoms with Crippen LogP contribution in [0.2, 0.25) is 0 Å². The molecule has 2 atom stereocenters. The van der Waals surface area contributed by atoms with Crippen LogP contribution in [-0.2, 0) is 32.2 Å². The summed E-state index contributed by atoms with van der Waals surface area (Å²) in [6, 6.07) is 23.4. The Hall–Kier alpha value is -4.08. The molecule has 2 aliphatic rings. The maximum atomic E-state index is 13.5. The third-order valence-electron chi connectivity index (χ3n) is 8.23. The number of fused-ring (bicyclic) bond motifs is 1. The van der Waals surface area contributed by atoms with Gasteiger partial charge in [-0.3, -0.25) is 4.79 Å². The lowest BCUT2D eigenvalue weighted by atomic mass is 9.87. The summed E-state index contributed by atoms with van der Waals surface area (Å²) in [5.41, 5.74) is 2.64. The molecule has 3 aromatic carbocycles. The highest BCUT2D eigenvalue weighted by molar-refractivity contribution is 6.03. The van der Waals surface area contributed by atoms with Crippen molar-refractivity contribution in [1.29, 1.82) is 0 Å². The Balaban J connectivity index is 1.36. The second-order valence-electron chi connectivity index (χ2n) is 11.7. The molecule has 0 radical (unpaired) electrons. The van der Waals surface area contributed by atoms with E-state index in [1.807, 2.05) is 60.7 Å². The first-order chi connectivity index (χ1) is 21.3. The molecular formula is C35H42N2O7. The minimum Gasteiger partial charge on any atom is -0.497 e. The van der Waals surface area contributed by atoms with Gasteiger partial charge in [-0.05, 0) is 56.0 Å². The molecule has 9 nitrogen and oxygen atoms in total. The van der Waals surface area contributed by atoms with E-state index in [9.17, 15) is 9.59 Å². The van der Waals surface area contributed by atoms with Crippen LogP contribution >= 0.6 is 0 Å². The Morgan fingerprint density at radius 3 is 2.48 bits per heavy atom. The number of piperidine rings is 1. The van der Waals surface area contributed by atoms with E-state index in [0.717, 1.165) is 28.1 Å². The van der Waals surface area contributed by atoms with E-state index in [2.05, 4.69) is 12.1 Å². The van der Waals surface area contributed by atoms with Gasteiger partial charge in [-0.15, -0.1) is 0 Å². The van der Waals surface area contributed by atoms with E-state index in [-0.39, 0.29) is 37.2 Å². The van der Waals surface area contributed by atoms with E-state index >= 15 is 0 Å². The van der Waals surface area contributed by atoms with Gasteiger partial charge in [0.25, 0.3) is 5.91 Å². The summed E-state index contributed by atoms with van der Waals surface area (Å²) in [5.74, 6) is 1.38. The Bertz CT molecular complexity index is 1410. The van der Waals surface area contributed by atoms with Crippen LogP contribution in [0, 0.1) is 0 Å². The van der Waals surface area contributed by atoms with Gasteiger partial charge in [-0.2, -0.15) is 0 Å². The minimum absolute atomic E-state index is 0.0493. The van der Waals surface area contributed by atoms with Crippen LogP contribution in [0.15, 0.2) is 72.8 Å². The molecule has 2 heterocycles. The molecule has 44 heavy (non-hydrogen) atoms. The number of amides is 2. The monoisotopic (exact) mass is 602 g/mol. The van der Waals surface area contributed by atoms with E-state index in [4.69, 9.17) is 23.7 Å². The Labute approximate surface area is 259 Å². The van der Waals surface area contributed by atoms with Gasteiger partial charge in [0.05, 0.1) is 32.1 Å². The lowest BCUT2D eigenvalue weighted by molar-refractivity contribution is -0.132. The standard InChI is InChI=1S/C35H42N2O7/c1-35(2)33(38)37(19-9-21-40-3)32-27(12-8-13-30(32)44-35)24-42-31-22-36(34(39)43-23-25-10-6-5-7-11-25)20-18-29(31)26-14-16-28(41-4)17-15-26/h5-8,10-17,29,31H,9,18-24H2,1-4H3. The fraction of sp³-hybridized carbons (Fsp3) is 0.429. The number of nitrogens with zero attached hydrogens (tertiary/aromatic N) is 2. The first kappa shape index (κ1) is 31.3. The third-order valence-corrected chi connectivity index (χ3v) is 8.23. The average Bonchev–Trinajstić information content (AvgIpc) is 3.04. The summed E-state index contributed by atoms with van der Waals surface area (Å²) in [7, 11) is 3.30.